The molecule has 14 heavy (non-hydrogen) atoms. The van der Waals surface area contributed by atoms with E-state index in [-0.39, 0.29) is 6.42 Å². The van der Waals surface area contributed by atoms with Gasteiger partial charge in [0.05, 0.1) is 13.1 Å². The van der Waals surface area contributed by atoms with Crippen LogP contribution in [0, 0.1) is 0 Å². The second kappa shape index (κ2) is 5.10. The standard InChI is InChI=1S/C10H10BrFO2/c11-9-3-1-7(2-4-9)8(6-12)5-10(13)14/h1-4,8H,5-6H2,(H,13,14). The minimum absolute atomic E-state index is 0.169. The molecule has 1 unspecified atom stereocenters. The summed E-state index contributed by atoms with van der Waals surface area (Å²) >= 11 is 3.26. The van der Waals surface area contributed by atoms with Crippen LogP contribution >= 0.6 is 15.9 Å². The van der Waals surface area contributed by atoms with Gasteiger partial charge in [0.2, 0.25) is 0 Å². The smallest absolute Gasteiger partial charge is 0.304 e. The Morgan fingerprint density at radius 1 is 1.43 bits per heavy atom. The highest BCUT2D eigenvalue weighted by atomic mass is 79.9. The van der Waals surface area contributed by atoms with Crippen molar-refractivity contribution < 1.29 is 14.3 Å². The number of carboxylic acid groups (broad SMARTS) is 1. The van der Waals surface area contributed by atoms with Crippen LogP contribution in [0.5, 0.6) is 0 Å². The van der Waals surface area contributed by atoms with Crippen molar-refractivity contribution in [1.82, 2.24) is 0 Å². The first-order valence-corrected chi connectivity index (χ1v) is 4.96. The number of carboxylic acids is 1. The quantitative estimate of drug-likeness (QED) is 0.904. The number of rotatable bonds is 4. The number of hydrogen-bond donors (Lipinski definition) is 1. The zero-order valence-corrected chi connectivity index (χ0v) is 9.00. The highest BCUT2D eigenvalue weighted by molar-refractivity contribution is 9.10. The van der Waals surface area contributed by atoms with Crippen LogP contribution in [0.15, 0.2) is 28.7 Å². The lowest BCUT2D eigenvalue weighted by Gasteiger charge is -2.10. The summed E-state index contributed by atoms with van der Waals surface area (Å²) in [6.07, 6.45) is -0.169. The molecule has 1 aromatic carbocycles. The third-order valence-electron chi connectivity index (χ3n) is 1.95. The van der Waals surface area contributed by atoms with Crippen molar-refractivity contribution >= 4 is 21.9 Å². The van der Waals surface area contributed by atoms with Crippen molar-refractivity contribution in [3.8, 4) is 0 Å². The zero-order valence-electron chi connectivity index (χ0n) is 7.41. The highest BCUT2D eigenvalue weighted by Crippen LogP contribution is 2.22. The normalized spacial score (nSPS) is 12.4. The average molecular weight is 261 g/mol. The van der Waals surface area contributed by atoms with Crippen molar-refractivity contribution in [3.63, 3.8) is 0 Å². The molecule has 0 aliphatic heterocycles. The fourth-order valence-corrected chi connectivity index (χ4v) is 1.47. The summed E-state index contributed by atoms with van der Waals surface area (Å²) in [6.45, 7) is -0.645. The third-order valence-corrected chi connectivity index (χ3v) is 2.48. The van der Waals surface area contributed by atoms with Gasteiger partial charge in [-0.25, -0.2) is 0 Å². The Kier molecular flexibility index (Phi) is 4.07. The maximum atomic E-state index is 12.5. The minimum atomic E-state index is -0.976. The van der Waals surface area contributed by atoms with E-state index in [1.54, 1.807) is 24.3 Å². The van der Waals surface area contributed by atoms with Crippen LogP contribution in [0.3, 0.4) is 0 Å². The van der Waals surface area contributed by atoms with Crippen LogP contribution in [0.4, 0.5) is 4.39 Å². The highest BCUT2D eigenvalue weighted by Gasteiger charge is 2.14. The number of halogens is 2. The second-order valence-electron chi connectivity index (χ2n) is 3.00. The molecule has 1 atom stereocenters. The van der Waals surface area contributed by atoms with Crippen molar-refractivity contribution in [1.29, 1.82) is 0 Å². The SMILES string of the molecule is O=C(O)CC(CF)c1ccc(Br)cc1. The Balaban J connectivity index is 2.78. The van der Waals surface area contributed by atoms with Gasteiger partial charge in [-0.05, 0) is 17.7 Å². The summed E-state index contributed by atoms with van der Waals surface area (Å²) in [4.78, 5) is 10.4. The molecular weight excluding hydrogens is 251 g/mol. The number of hydrogen-bond acceptors (Lipinski definition) is 1. The Bertz CT molecular complexity index is 310. The minimum Gasteiger partial charge on any atom is -0.481 e. The van der Waals surface area contributed by atoms with Crippen LogP contribution in [0.1, 0.15) is 17.9 Å². The van der Waals surface area contributed by atoms with Crippen molar-refractivity contribution in [2.24, 2.45) is 0 Å². The van der Waals surface area contributed by atoms with Gasteiger partial charge in [-0.3, -0.25) is 9.18 Å². The van der Waals surface area contributed by atoms with E-state index in [9.17, 15) is 9.18 Å². The summed E-state index contributed by atoms with van der Waals surface area (Å²) in [5, 5.41) is 8.55. The summed E-state index contributed by atoms with van der Waals surface area (Å²) < 4.78 is 13.4. The first-order chi connectivity index (χ1) is 6.63. The van der Waals surface area contributed by atoms with Crippen molar-refractivity contribution in [2.75, 3.05) is 6.67 Å². The van der Waals surface area contributed by atoms with E-state index in [2.05, 4.69) is 15.9 Å². The molecule has 0 aliphatic rings. The Morgan fingerprint density at radius 3 is 2.43 bits per heavy atom. The fraction of sp³-hybridized carbons (Fsp3) is 0.300. The number of carbonyl (C=O) groups is 1. The molecule has 2 nitrogen and oxygen atoms in total. The van der Waals surface area contributed by atoms with Crippen molar-refractivity contribution in [3.05, 3.63) is 34.3 Å². The molecule has 0 aliphatic carbocycles. The largest absolute Gasteiger partial charge is 0.481 e. The fourth-order valence-electron chi connectivity index (χ4n) is 1.21. The third kappa shape index (κ3) is 3.10. The van der Waals surface area contributed by atoms with Gasteiger partial charge in [0.25, 0.3) is 0 Å². The van der Waals surface area contributed by atoms with E-state index in [0.29, 0.717) is 0 Å². The van der Waals surface area contributed by atoms with E-state index >= 15 is 0 Å². The van der Waals surface area contributed by atoms with Gasteiger partial charge in [-0.2, -0.15) is 0 Å². The molecule has 0 saturated heterocycles. The summed E-state index contributed by atoms with van der Waals surface area (Å²) in [5.41, 5.74) is 0.720. The van der Waals surface area contributed by atoms with Gasteiger partial charge < -0.3 is 5.11 Å². The molecule has 1 N–H and O–H groups in total. The van der Waals surface area contributed by atoms with Crippen LogP contribution < -0.4 is 0 Å². The lowest BCUT2D eigenvalue weighted by Crippen LogP contribution is -2.07. The predicted molar refractivity (Wildman–Crippen MR) is 55.1 cm³/mol. The van der Waals surface area contributed by atoms with Crippen molar-refractivity contribution in [2.45, 2.75) is 12.3 Å². The first kappa shape index (κ1) is 11.2. The van der Waals surface area contributed by atoms with Gasteiger partial charge in [0.15, 0.2) is 0 Å². The van der Waals surface area contributed by atoms with E-state index in [0.717, 1.165) is 10.0 Å². The number of benzene rings is 1. The molecule has 1 rings (SSSR count). The molecule has 4 heteroatoms. The molecule has 1 aromatic rings. The Labute approximate surface area is 89.9 Å². The molecule has 0 spiro atoms. The first-order valence-electron chi connectivity index (χ1n) is 4.16. The van der Waals surface area contributed by atoms with Crippen LogP contribution in [-0.2, 0) is 4.79 Å². The molecule has 0 radical (unpaired) electrons. The summed E-state index contributed by atoms with van der Waals surface area (Å²) in [7, 11) is 0. The zero-order chi connectivity index (χ0) is 10.6. The molecule has 0 heterocycles. The second-order valence-corrected chi connectivity index (χ2v) is 3.92. The molecular formula is C10H10BrFO2. The van der Waals surface area contributed by atoms with Crippen LogP contribution in [0.25, 0.3) is 0 Å². The lowest BCUT2D eigenvalue weighted by molar-refractivity contribution is -0.137. The number of aliphatic carboxylic acids is 1. The van der Waals surface area contributed by atoms with E-state index in [4.69, 9.17) is 5.11 Å². The van der Waals surface area contributed by atoms with Gasteiger partial charge in [0.1, 0.15) is 0 Å². The van der Waals surface area contributed by atoms with Gasteiger partial charge in [-0.1, -0.05) is 28.1 Å². The molecule has 0 saturated carbocycles. The Hall–Kier alpha value is -0.900. The predicted octanol–water partition coefficient (Wildman–Crippen LogP) is 2.98. The maximum Gasteiger partial charge on any atom is 0.304 e. The van der Waals surface area contributed by atoms with E-state index in [1.165, 1.54) is 0 Å². The summed E-state index contributed by atoms with van der Waals surface area (Å²) in [5.74, 6) is -1.52. The molecule has 0 bridgehead atoms. The monoisotopic (exact) mass is 260 g/mol. The van der Waals surface area contributed by atoms with E-state index in [1.807, 2.05) is 0 Å². The molecule has 0 fully saturated rings. The van der Waals surface area contributed by atoms with Gasteiger partial charge in [0, 0.05) is 10.4 Å². The Morgan fingerprint density at radius 2 is 2.00 bits per heavy atom. The van der Waals surface area contributed by atoms with Gasteiger partial charge in [-0.15, -0.1) is 0 Å². The summed E-state index contributed by atoms with van der Waals surface area (Å²) in [6, 6.07) is 7.02. The maximum absolute atomic E-state index is 12.5. The van der Waals surface area contributed by atoms with Crippen LogP contribution in [0.2, 0.25) is 0 Å². The molecule has 0 amide bonds. The molecule has 76 valence electrons. The average Bonchev–Trinajstić information content (AvgIpc) is 2.15. The lowest BCUT2D eigenvalue weighted by atomic mass is 9.97. The molecule has 0 aromatic heterocycles. The van der Waals surface area contributed by atoms with E-state index < -0.39 is 18.6 Å². The number of alkyl halides is 1. The topological polar surface area (TPSA) is 37.3 Å². The van der Waals surface area contributed by atoms with Crippen LogP contribution in [-0.4, -0.2) is 17.8 Å². The van der Waals surface area contributed by atoms with Gasteiger partial charge >= 0.3 is 5.97 Å².